The molecular weight excluding hydrogens is 200 g/mol. The van der Waals surface area contributed by atoms with Gasteiger partial charge in [-0.05, 0) is 6.42 Å². The van der Waals surface area contributed by atoms with Gasteiger partial charge in [0.2, 0.25) is 0 Å². The average Bonchev–Trinajstić information content (AvgIpc) is 2.71. The molecule has 2 aliphatic rings. The van der Waals surface area contributed by atoms with E-state index in [1.54, 1.807) is 0 Å². The van der Waals surface area contributed by atoms with Gasteiger partial charge in [-0.15, -0.1) is 0 Å². The first-order valence-corrected chi connectivity index (χ1v) is 4.90. The smallest absolute Gasteiger partial charge is 0.309 e. The summed E-state index contributed by atoms with van der Waals surface area (Å²) in [4.78, 5) is 33.3. The van der Waals surface area contributed by atoms with Gasteiger partial charge in [0, 0.05) is 11.8 Å². The third-order valence-electron chi connectivity index (χ3n) is 3.27. The first-order chi connectivity index (χ1) is 7.17. The Kier molecular flexibility index (Phi) is 2.46. The number of rotatable bonds is 2. The van der Waals surface area contributed by atoms with Crippen LogP contribution in [0.4, 0.5) is 0 Å². The maximum absolute atomic E-state index is 11.4. The van der Waals surface area contributed by atoms with Crippen molar-refractivity contribution in [3.8, 4) is 0 Å². The van der Waals surface area contributed by atoms with E-state index in [9.17, 15) is 14.4 Å². The quantitative estimate of drug-likeness (QED) is 0.473. The predicted molar refractivity (Wildman–Crippen MR) is 47.7 cm³/mol. The second kappa shape index (κ2) is 3.64. The van der Waals surface area contributed by atoms with Crippen molar-refractivity contribution < 1.29 is 23.9 Å². The lowest BCUT2D eigenvalue weighted by molar-refractivity contribution is -0.150. The molecule has 1 heterocycles. The van der Waals surface area contributed by atoms with Gasteiger partial charge in [-0.2, -0.15) is 0 Å². The Morgan fingerprint density at radius 1 is 1.60 bits per heavy atom. The Balaban J connectivity index is 2.16. The van der Waals surface area contributed by atoms with Gasteiger partial charge in [-0.25, -0.2) is 0 Å². The molecule has 82 valence electrons. The summed E-state index contributed by atoms with van der Waals surface area (Å²) >= 11 is 0. The van der Waals surface area contributed by atoms with Gasteiger partial charge >= 0.3 is 11.9 Å². The fraction of sp³-hybridized carbons (Fsp3) is 0.700. The number of methoxy groups -OCH3 is 1. The lowest BCUT2D eigenvalue weighted by Gasteiger charge is -2.13. The van der Waals surface area contributed by atoms with E-state index in [4.69, 9.17) is 4.74 Å². The fourth-order valence-corrected chi connectivity index (χ4v) is 2.54. The highest BCUT2D eigenvalue weighted by Crippen LogP contribution is 2.44. The number of esters is 2. The van der Waals surface area contributed by atoms with Crippen LogP contribution in [0.2, 0.25) is 0 Å². The summed E-state index contributed by atoms with van der Waals surface area (Å²) in [5, 5.41) is 0. The molecule has 5 heteroatoms. The van der Waals surface area contributed by atoms with Gasteiger partial charge < -0.3 is 14.3 Å². The topological polar surface area (TPSA) is 69.7 Å². The number of fused-ring (bicyclic) bond motifs is 1. The SMILES string of the molecule is COC(=O)C1CC2OC(=O)CC2C1C=O. The monoisotopic (exact) mass is 212 g/mol. The highest BCUT2D eigenvalue weighted by atomic mass is 16.6. The molecule has 0 amide bonds. The Labute approximate surface area is 86.7 Å². The van der Waals surface area contributed by atoms with Crippen molar-refractivity contribution in [3.05, 3.63) is 0 Å². The zero-order valence-electron chi connectivity index (χ0n) is 8.34. The molecule has 1 saturated carbocycles. The van der Waals surface area contributed by atoms with Crippen LogP contribution in [-0.4, -0.2) is 31.4 Å². The second-order valence-electron chi connectivity index (χ2n) is 3.98. The van der Waals surface area contributed by atoms with E-state index in [-0.39, 0.29) is 24.4 Å². The summed E-state index contributed by atoms with van der Waals surface area (Å²) < 4.78 is 9.66. The van der Waals surface area contributed by atoms with Crippen molar-refractivity contribution in [1.82, 2.24) is 0 Å². The van der Waals surface area contributed by atoms with E-state index in [0.717, 1.165) is 6.29 Å². The Morgan fingerprint density at radius 2 is 2.33 bits per heavy atom. The molecule has 4 atom stereocenters. The summed E-state index contributed by atoms with van der Waals surface area (Å²) in [5.41, 5.74) is 0. The summed E-state index contributed by atoms with van der Waals surface area (Å²) in [6.07, 6.45) is 1.11. The Morgan fingerprint density at radius 3 is 2.93 bits per heavy atom. The van der Waals surface area contributed by atoms with Gasteiger partial charge in [0.15, 0.2) is 0 Å². The van der Waals surface area contributed by atoms with E-state index in [1.807, 2.05) is 0 Å². The zero-order valence-corrected chi connectivity index (χ0v) is 8.34. The van der Waals surface area contributed by atoms with Crippen LogP contribution in [0.5, 0.6) is 0 Å². The minimum Gasteiger partial charge on any atom is -0.469 e. The molecule has 1 aliphatic heterocycles. The van der Waals surface area contributed by atoms with E-state index in [2.05, 4.69) is 4.74 Å². The lowest BCUT2D eigenvalue weighted by atomic mass is 9.89. The molecule has 5 nitrogen and oxygen atoms in total. The number of hydrogen-bond acceptors (Lipinski definition) is 5. The summed E-state index contributed by atoms with van der Waals surface area (Å²) in [6, 6.07) is 0. The van der Waals surface area contributed by atoms with E-state index >= 15 is 0 Å². The average molecular weight is 212 g/mol. The largest absolute Gasteiger partial charge is 0.469 e. The predicted octanol–water partition coefficient (Wildman–Crippen LogP) is -0.0739. The van der Waals surface area contributed by atoms with Crippen LogP contribution in [0.25, 0.3) is 0 Å². The van der Waals surface area contributed by atoms with E-state index in [0.29, 0.717) is 6.42 Å². The Bertz CT molecular complexity index is 311. The molecule has 2 fully saturated rings. The third-order valence-corrected chi connectivity index (χ3v) is 3.27. The molecule has 15 heavy (non-hydrogen) atoms. The van der Waals surface area contributed by atoms with Gasteiger partial charge in [0.25, 0.3) is 0 Å². The van der Waals surface area contributed by atoms with Crippen molar-refractivity contribution >= 4 is 18.2 Å². The summed E-state index contributed by atoms with van der Waals surface area (Å²) in [6.45, 7) is 0. The Hall–Kier alpha value is -1.39. The molecule has 0 radical (unpaired) electrons. The van der Waals surface area contributed by atoms with Gasteiger partial charge in [-0.1, -0.05) is 0 Å². The van der Waals surface area contributed by atoms with Crippen LogP contribution >= 0.6 is 0 Å². The molecule has 4 unspecified atom stereocenters. The van der Waals surface area contributed by atoms with Crippen LogP contribution in [0.15, 0.2) is 0 Å². The molecule has 0 aromatic heterocycles. The molecule has 0 N–H and O–H groups in total. The molecule has 0 aromatic rings. The van der Waals surface area contributed by atoms with Gasteiger partial charge in [0.1, 0.15) is 12.4 Å². The maximum Gasteiger partial charge on any atom is 0.309 e. The summed E-state index contributed by atoms with van der Waals surface area (Å²) in [5.74, 6) is -1.69. The van der Waals surface area contributed by atoms with Crippen LogP contribution in [0, 0.1) is 17.8 Å². The number of aldehydes is 1. The van der Waals surface area contributed by atoms with Crippen molar-refractivity contribution in [1.29, 1.82) is 0 Å². The molecular formula is C10H12O5. The normalized spacial score (nSPS) is 38.3. The second-order valence-corrected chi connectivity index (χ2v) is 3.98. The van der Waals surface area contributed by atoms with Crippen LogP contribution in [0.1, 0.15) is 12.8 Å². The summed E-state index contributed by atoms with van der Waals surface area (Å²) in [7, 11) is 1.30. The molecule has 2 rings (SSSR count). The van der Waals surface area contributed by atoms with Crippen LogP contribution < -0.4 is 0 Å². The number of carbonyl (C=O) groups is 3. The zero-order chi connectivity index (χ0) is 11.0. The molecule has 0 aromatic carbocycles. The minimum absolute atomic E-state index is 0.140. The van der Waals surface area contributed by atoms with Crippen molar-refractivity contribution in [3.63, 3.8) is 0 Å². The lowest BCUT2D eigenvalue weighted by Crippen LogP contribution is -2.25. The number of carbonyl (C=O) groups excluding carboxylic acids is 3. The first kappa shape index (κ1) is 10.1. The van der Waals surface area contributed by atoms with Crippen molar-refractivity contribution in [2.45, 2.75) is 18.9 Å². The molecule has 1 aliphatic carbocycles. The third kappa shape index (κ3) is 1.52. The van der Waals surface area contributed by atoms with Gasteiger partial charge in [-0.3, -0.25) is 9.59 Å². The van der Waals surface area contributed by atoms with Crippen molar-refractivity contribution in [2.75, 3.05) is 7.11 Å². The highest BCUT2D eigenvalue weighted by molar-refractivity contribution is 5.80. The number of hydrogen-bond donors (Lipinski definition) is 0. The molecule has 0 spiro atoms. The maximum atomic E-state index is 11.4. The van der Waals surface area contributed by atoms with Gasteiger partial charge in [0.05, 0.1) is 19.4 Å². The highest BCUT2D eigenvalue weighted by Gasteiger charge is 2.52. The van der Waals surface area contributed by atoms with Crippen LogP contribution in [-0.2, 0) is 23.9 Å². The molecule has 0 bridgehead atoms. The fourth-order valence-electron chi connectivity index (χ4n) is 2.54. The standard InChI is InChI=1S/C10H12O5/c1-14-10(13)6-2-8-5(7(6)4-11)3-9(12)15-8/h4-8H,2-3H2,1H3. The van der Waals surface area contributed by atoms with Crippen molar-refractivity contribution in [2.24, 2.45) is 17.8 Å². The number of ether oxygens (including phenoxy) is 2. The first-order valence-electron chi connectivity index (χ1n) is 4.90. The minimum atomic E-state index is -0.449. The molecule has 1 saturated heterocycles. The van der Waals surface area contributed by atoms with Crippen LogP contribution in [0.3, 0.4) is 0 Å². The van der Waals surface area contributed by atoms with E-state index in [1.165, 1.54) is 7.11 Å². The van der Waals surface area contributed by atoms with E-state index < -0.39 is 17.8 Å².